The first-order valence-corrected chi connectivity index (χ1v) is 15.5. The Labute approximate surface area is 195 Å². The highest BCUT2D eigenvalue weighted by atomic mass is 28.4. The van der Waals surface area contributed by atoms with E-state index in [4.69, 9.17) is 9.16 Å². The number of nitrogens with one attached hydrogen (secondary N) is 1. The second kappa shape index (κ2) is 11.5. The lowest BCUT2D eigenvalue weighted by atomic mass is 9.67. The second-order valence-corrected chi connectivity index (χ2v) is 17.9. The lowest BCUT2D eigenvalue weighted by Gasteiger charge is -2.46. The van der Waals surface area contributed by atoms with E-state index in [0.717, 1.165) is 25.0 Å². The van der Waals surface area contributed by atoms with Crippen LogP contribution in [0.4, 0.5) is 0 Å². The van der Waals surface area contributed by atoms with Crippen molar-refractivity contribution in [3.8, 4) is 0 Å². The molecule has 2 rings (SSSR count). The minimum Gasteiger partial charge on any atom is -0.416 e. The Morgan fingerprint density at radius 3 is 1.84 bits per heavy atom. The summed E-state index contributed by atoms with van der Waals surface area (Å²) in [5.41, 5.74) is 1.94. The van der Waals surface area contributed by atoms with Crippen LogP contribution < -0.4 is 5.32 Å². The fourth-order valence-corrected chi connectivity index (χ4v) is 13.3. The van der Waals surface area contributed by atoms with Gasteiger partial charge in [-0.2, -0.15) is 0 Å². The Morgan fingerprint density at radius 1 is 0.806 bits per heavy atom. The molecule has 0 aromatic heterocycles. The van der Waals surface area contributed by atoms with Gasteiger partial charge in [-0.25, -0.2) is 0 Å². The van der Waals surface area contributed by atoms with Crippen molar-refractivity contribution in [3.63, 3.8) is 0 Å². The molecule has 1 heterocycles. The monoisotopic (exact) mass is 453 g/mol. The van der Waals surface area contributed by atoms with Gasteiger partial charge in [-0.05, 0) is 71.4 Å². The maximum absolute atomic E-state index is 7.10. The van der Waals surface area contributed by atoms with E-state index < -0.39 is 8.32 Å². The standard InChI is InChI=1S/C27H55NO2Si/c1-17(2)26-23-12-13-25(29-11)24(23)14-22(15-28-27(26)18(3)4)16-30-31(19(5)6,20(7)8)21(9)10/h17-28H,12-16H2,1-11H3/t22-,23?,24?,25?,26?,27?/m0/s1. The molecular formula is C27H55NO2Si. The van der Waals surface area contributed by atoms with Gasteiger partial charge in [0.25, 0.3) is 0 Å². The van der Waals surface area contributed by atoms with E-state index >= 15 is 0 Å². The summed E-state index contributed by atoms with van der Waals surface area (Å²) in [5, 5.41) is 4.07. The molecule has 0 aromatic rings. The molecule has 0 amide bonds. The third-order valence-electron chi connectivity index (χ3n) is 9.04. The summed E-state index contributed by atoms with van der Waals surface area (Å²) in [6, 6.07) is 0.591. The summed E-state index contributed by atoms with van der Waals surface area (Å²) in [4.78, 5) is 0. The molecule has 6 atom stereocenters. The van der Waals surface area contributed by atoms with Gasteiger partial charge in [0.1, 0.15) is 0 Å². The molecule has 1 N–H and O–H groups in total. The molecule has 1 saturated heterocycles. The Balaban J connectivity index is 2.28. The number of rotatable bonds is 9. The number of fused-ring (bicyclic) bond motifs is 1. The SMILES string of the molecule is COC1CCC2C1C[C@H](CO[Si](C(C)C)(C(C)C)C(C)C)CNC(C(C)C)C2C(C)C. The van der Waals surface area contributed by atoms with E-state index in [1.165, 1.54) is 19.3 Å². The molecule has 0 aromatic carbocycles. The van der Waals surface area contributed by atoms with Crippen molar-refractivity contribution in [1.29, 1.82) is 0 Å². The first kappa shape index (κ1) is 27.3. The highest BCUT2D eigenvalue weighted by Crippen LogP contribution is 2.48. The van der Waals surface area contributed by atoms with Crippen LogP contribution >= 0.6 is 0 Å². The van der Waals surface area contributed by atoms with Crippen molar-refractivity contribution in [2.24, 2.45) is 35.5 Å². The maximum atomic E-state index is 7.10. The summed E-state index contributed by atoms with van der Waals surface area (Å²) in [6.07, 6.45) is 4.24. The zero-order valence-electron chi connectivity index (χ0n) is 22.7. The predicted molar refractivity (Wildman–Crippen MR) is 137 cm³/mol. The van der Waals surface area contributed by atoms with E-state index in [9.17, 15) is 0 Å². The molecule has 2 aliphatic rings. The first-order chi connectivity index (χ1) is 14.5. The summed E-state index contributed by atoms with van der Waals surface area (Å²) < 4.78 is 13.2. The van der Waals surface area contributed by atoms with Crippen LogP contribution in [0, 0.1) is 35.5 Å². The maximum Gasteiger partial charge on any atom is 0.200 e. The first-order valence-electron chi connectivity index (χ1n) is 13.4. The lowest BCUT2D eigenvalue weighted by molar-refractivity contribution is 0.00950. The number of ether oxygens (including phenoxy) is 1. The van der Waals surface area contributed by atoms with Crippen LogP contribution in [-0.2, 0) is 9.16 Å². The van der Waals surface area contributed by atoms with E-state index in [-0.39, 0.29) is 0 Å². The topological polar surface area (TPSA) is 30.5 Å². The Hall–Kier alpha value is 0.0969. The molecule has 5 unspecified atom stereocenters. The van der Waals surface area contributed by atoms with Crippen molar-refractivity contribution >= 4 is 8.32 Å². The highest BCUT2D eigenvalue weighted by Gasteiger charge is 2.48. The zero-order valence-corrected chi connectivity index (χ0v) is 23.7. The third-order valence-corrected chi connectivity index (χ3v) is 15.1. The molecule has 3 nitrogen and oxygen atoms in total. The highest BCUT2D eigenvalue weighted by molar-refractivity contribution is 6.77. The molecule has 1 aliphatic carbocycles. The number of hydrogen-bond acceptors (Lipinski definition) is 3. The van der Waals surface area contributed by atoms with Crippen molar-refractivity contribution in [3.05, 3.63) is 0 Å². The molecule has 184 valence electrons. The molecule has 1 saturated carbocycles. The van der Waals surface area contributed by atoms with Gasteiger partial charge in [0.05, 0.1) is 6.10 Å². The minimum absolute atomic E-state index is 0.432. The van der Waals surface area contributed by atoms with Crippen LogP contribution in [0.3, 0.4) is 0 Å². The van der Waals surface area contributed by atoms with Crippen LogP contribution in [0.25, 0.3) is 0 Å². The zero-order chi connectivity index (χ0) is 23.5. The normalized spacial score (nSPS) is 32.9. The van der Waals surface area contributed by atoms with Crippen molar-refractivity contribution < 1.29 is 9.16 Å². The van der Waals surface area contributed by atoms with Gasteiger partial charge in [-0.3, -0.25) is 0 Å². The van der Waals surface area contributed by atoms with Gasteiger partial charge >= 0.3 is 0 Å². The van der Waals surface area contributed by atoms with Gasteiger partial charge in [-0.15, -0.1) is 0 Å². The van der Waals surface area contributed by atoms with Gasteiger partial charge < -0.3 is 14.5 Å². The Kier molecular flexibility index (Phi) is 10.1. The average Bonchev–Trinajstić information content (AvgIpc) is 3.02. The van der Waals surface area contributed by atoms with E-state index in [0.29, 0.717) is 52.4 Å². The van der Waals surface area contributed by atoms with Crippen molar-refractivity contribution in [1.82, 2.24) is 5.32 Å². The molecule has 0 radical (unpaired) electrons. The quantitative estimate of drug-likeness (QED) is 0.377. The summed E-state index contributed by atoms with van der Waals surface area (Å²) in [5.74, 6) is 4.14. The second-order valence-electron chi connectivity index (χ2n) is 12.4. The fourth-order valence-electron chi connectivity index (χ4n) is 7.81. The minimum atomic E-state index is -1.83. The molecule has 4 heteroatoms. The molecule has 1 aliphatic heterocycles. The van der Waals surface area contributed by atoms with Gasteiger partial charge in [-0.1, -0.05) is 69.2 Å². The van der Waals surface area contributed by atoms with Crippen LogP contribution in [0.2, 0.25) is 16.6 Å². The molecular weight excluding hydrogens is 398 g/mol. The smallest absolute Gasteiger partial charge is 0.200 e. The van der Waals surface area contributed by atoms with Crippen LogP contribution in [0.1, 0.15) is 88.5 Å². The van der Waals surface area contributed by atoms with Crippen molar-refractivity contribution in [2.75, 3.05) is 20.3 Å². The third kappa shape index (κ3) is 5.78. The van der Waals surface area contributed by atoms with Crippen LogP contribution in [0.15, 0.2) is 0 Å². The largest absolute Gasteiger partial charge is 0.416 e. The fraction of sp³-hybridized carbons (Fsp3) is 1.00. The van der Waals surface area contributed by atoms with E-state index in [1.807, 2.05) is 7.11 Å². The molecule has 2 fully saturated rings. The lowest BCUT2D eigenvalue weighted by Crippen LogP contribution is -2.53. The summed E-state index contributed by atoms with van der Waals surface area (Å²) >= 11 is 0. The summed E-state index contributed by atoms with van der Waals surface area (Å²) in [7, 11) is 0.110. The Bertz CT molecular complexity index is 512. The number of methoxy groups -OCH3 is 1. The Morgan fingerprint density at radius 2 is 1.39 bits per heavy atom. The van der Waals surface area contributed by atoms with Gasteiger partial charge in [0.2, 0.25) is 0 Å². The van der Waals surface area contributed by atoms with Gasteiger partial charge in [0, 0.05) is 26.3 Å². The van der Waals surface area contributed by atoms with Crippen LogP contribution in [0.5, 0.6) is 0 Å². The molecule has 0 bridgehead atoms. The molecule has 0 spiro atoms. The molecule has 31 heavy (non-hydrogen) atoms. The summed E-state index contributed by atoms with van der Waals surface area (Å²) in [6.45, 7) is 26.1. The van der Waals surface area contributed by atoms with Gasteiger partial charge in [0.15, 0.2) is 8.32 Å². The number of hydrogen-bond donors (Lipinski definition) is 1. The van der Waals surface area contributed by atoms with E-state index in [1.54, 1.807) is 0 Å². The van der Waals surface area contributed by atoms with E-state index in [2.05, 4.69) is 74.6 Å². The van der Waals surface area contributed by atoms with Crippen molar-refractivity contribution in [2.45, 2.75) is 117 Å². The average molecular weight is 454 g/mol. The van der Waals surface area contributed by atoms with Crippen LogP contribution in [-0.4, -0.2) is 40.7 Å². The predicted octanol–water partition coefficient (Wildman–Crippen LogP) is 7.13.